The number of carbonyl (C=O) groups excluding carboxylic acids is 1. The summed E-state index contributed by atoms with van der Waals surface area (Å²) >= 11 is 1.45. The summed E-state index contributed by atoms with van der Waals surface area (Å²) in [4.78, 5) is 18.8. The minimum absolute atomic E-state index is 0.0583. The molecule has 2 aromatic carbocycles. The molecule has 1 amide bonds. The third-order valence-corrected chi connectivity index (χ3v) is 5.47. The van der Waals surface area contributed by atoms with Crippen LogP contribution in [0, 0.1) is 13.8 Å². The van der Waals surface area contributed by atoms with Crippen molar-refractivity contribution in [2.24, 2.45) is 0 Å². The molecule has 0 fully saturated rings. The molecular weight excluding hydrogens is 370 g/mol. The summed E-state index contributed by atoms with van der Waals surface area (Å²) in [6, 6.07) is 14.1. The molecule has 3 aromatic rings. The van der Waals surface area contributed by atoms with Gasteiger partial charge in [-0.15, -0.1) is 0 Å². The quantitative estimate of drug-likeness (QED) is 0.561. The summed E-state index contributed by atoms with van der Waals surface area (Å²) in [7, 11) is 3.46. The number of thioether (sulfide) groups is 1. The van der Waals surface area contributed by atoms with Crippen LogP contribution in [0.1, 0.15) is 16.7 Å². The molecule has 5 nitrogen and oxygen atoms in total. The summed E-state index contributed by atoms with van der Waals surface area (Å²) < 4.78 is 7.28. The van der Waals surface area contributed by atoms with Crippen LogP contribution in [0.4, 0.5) is 0 Å². The number of rotatable bonds is 7. The van der Waals surface area contributed by atoms with Gasteiger partial charge in [-0.1, -0.05) is 41.6 Å². The van der Waals surface area contributed by atoms with E-state index in [0.29, 0.717) is 12.3 Å². The Bertz CT molecular complexity index is 968. The fourth-order valence-electron chi connectivity index (χ4n) is 3.02. The van der Waals surface area contributed by atoms with Crippen LogP contribution >= 0.6 is 11.8 Å². The molecule has 3 rings (SSSR count). The normalized spacial score (nSPS) is 10.7. The summed E-state index contributed by atoms with van der Waals surface area (Å²) in [5.74, 6) is 1.19. The van der Waals surface area contributed by atoms with E-state index in [9.17, 15) is 4.79 Å². The second-order valence-corrected chi connectivity index (χ2v) is 7.70. The number of benzene rings is 2. The fraction of sp³-hybridized carbons (Fsp3) is 0.273. The maximum absolute atomic E-state index is 12.6. The highest BCUT2D eigenvalue weighted by atomic mass is 32.2. The zero-order valence-electron chi connectivity index (χ0n) is 16.7. The highest BCUT2D eigenvalue weighted by Gasteiger charge is 2.14. The second kappa shape index (κ2) is 8.97. The van der Waals surface area contributed by atoms with Crippen molar-refractivity contribution < 1.29 is 9.53 Å². The number of carbonyl (C=O) groups is 1. The molecule has 6 heteroatoms. The number of hydrogen-bond acceptors (Lipinski definition) is 4. The molecule has 0 N–H and O–H groups in total. The van der Waals surface area contributed by atoms with Gasteiger partial charge < -0.3 is 9.64 Å². The average Bonchev–Trinajstić information content (AvgIpc) is 3.14. The molecule has 0 aliphatic carbocycles. The Morgan fingerprint density at radius 3 is 2.79 bits per heavy atom. The van der Waals surface area contributed by atoms with Gasteiger partial charge in [0, 0.05) is 26.0 Å². The molecular formula is C22H25N3O2S. The topological polar surface area (TPSA) is 47.4 Å². The van der Waals surface area contributed by atoms with Crippen molar-refractivity contribution in [2.45, 2.75) is 25.5 Å². The van der Waals surface area contributed by atoms with Crippen LogP contribution in [0.5, 0.6) is 5.75 Å². The monoisotopic (exact) mass is 395 g/mol. The first-order valence-electron chi connectivity index (χ1n) is 9.08. The maximum Gasteiger partial charge on any atom is 0.233 e. The van der Waals surface area contributed by atoms with E-state index in [-0.39, 0.29) is 5.91 Å². The number of amides is 1. The molecule has 0 unspecified atom stereocenters. The molecule has 0 atom stereocenters. The number of aromatic nitrogens is 2. The Hall–Kier alpha value is -2.73. The van der Waals surface area contributed by atoms with E-state index in [1.165, 1.54) is 22.9 Å². The lowest BCUT2D eigenvalue weighted by atomic mass is 10.1. The molecule has 0 saturated carbocycles. The van der Waals surface area contributed by atoms with Gasteiger partial charge in [-0.3, -0.25) is 9.36 Å². The van der Waals surface area contributed by atoms with Crippen molar-refractivity contribution in [3.05, 3.63) is 71.5 Å². The van der Waals surface area contributed by atoms with E-state index in [2.05, 4.69) is 37.0 Å². The zero-order chi connectivity index (χ0) is 20.1. The minimum Gasteiger partial charge on any atom is -0.497 e. The lowest BCUT2D eigenvalue weighted by Gasteiger charge is -2.18. The highest BCUT2D eigenvalue weighted by Crippen LogP contribution is 2.24. The van der Waals surface area contributed by atoms with E-state index in [1.54, 1.807) is 18.2 Å². The van der Waals surface area contributed by atoms with Gasteiger partial charge in [0.2, 0.25) is 5.91 Å². The lowest BCUT2D eigenvalue weighted by molar-refractivity contribution is -0.127. The Morgan fingerprint density at radius 2 is 2.04 bits per heavy atom. The first kappa shape index (κ1) is 20.0. The van der Waals surface area contributed by atoms with Crippen molar-refractivity contribution in [1.29, 1.82) is 0 Å². The zero-order valence-corrected chi connectivity index (χ0v) is 17.5. The highest BCUT2D eigenvalue weighted by molar-refractivity contribution is 7.99. The van der Waals surface area contributed by atoms with Gasteiger partial charge in [0.25, 0.3) is 0 Å². The predicted octanol–water partition coefficient (Wildman–Crippen LogP) is 4.25. The average molecular weight is 396 g/mol. The van der Waals surface area contributed by atoms with Crippen LogP contribution in [-0.2, 0) is 11.3 Å². The molecule has 146 valence electrons. The van der Waals surface area contributed by atoms with E-state index in [1.807, 2.05) is 42.1 Å². The number of ether oxygens (including phenoxy) is 1. The maximum atomic E-state index is 12.6. The Kier molecular flexibility index (Phi) is 6.41. The molecule has 1 heterocycles. The van der Waals surface area contributed by atoms with Gasteiger partial charge in [0.05, 0.1) is 18.6 Å². The summed E-state index contributed by atoms with van der Waals surface area (Å²) in [6.45, 7) is 4.71. The number of imidazole rings is 1. The third-order valence-electron chi connectivity index (χ3n) is 4.52. The van der Waals surface area contributed by atoms with Crippen LogP contribution in [0.2, 0.25) is 0 Å². The summed E-state index contributed by atoms with van der Waals surface area (Å²) in [6.07, 6.45) is 3.70. The first-order chi connectivity index (χ1) is 13.5. The van der Waals surface area contributed by atoms with E-state index < -0.39 is 0 Å². The van der Waals surface area contributed by atoms with Gasteiger partial charge in [-0.2, -0.15) is 0 Å². The fourth-order valence-corrected chi connectivity index (χ4v) is 3.93. The first-order valence-corrected chi connectivity index (χ1v) is 10.1. The van der Waals surface area contributed by atoms with Crippen LogP contribution in [0.15, 0.2) is 60.0 Å². The molecule has 28 heavy (non-hydrogen) atoms. The Labute approximate surface area is 170 Å². The molecule has 1 aromatic heterocycles. The molecule has 0 saturated heterocycles. The van der Waals surface area contributed by atoms with Crippen molar-refractivity contribution in [3.8, 4) is 11.4 Å². The predicted molar refractivity (Wildman–Crippen MR) is 113 cm³/mol. The number of methoxy groups -OCH3 is 1. The van der Waals surface area contributed by atoms with Crippen LogP contribution < -0.4 is 4.74 Å². The molecule has 0 radical (unpaired) electrons. The molecule has 0 spiro atoms. The van der Waals surface area contributed by atoms with Crippen LogP contribution in [0.25, 0.3) is 5.69 Å². The van der Waals surface area contributed by atoms with Crippen LogP contribution in [0.3, 0.4) is 0 Å². The number of hydrogen-bond donors (Lipinski definition) is 0. The van der Waals surface area contributed by atoms with E-state index in [0.717, 1.165) is 22.2 Å². The largest absolute Gasteiger partial charge is 0.497 e. The van der Waals surface area contributed by atoms with E-state index >= 15 is 0 Å². The van der Waals surface area contributed by atoms with Crippen molar-refractivity contribution in [2.75, 3.05) is 19.9 Å². The lowest BCUT2D eigenvalue weighted by Crippen LogP contribution is -2.27. The molecule has 0 aliphatic rings. The molecule has 0 aliphatic heterocycles. The third kappa shape index (κ3) is 4.75. The summed E-state index contributed by atoms with van der Waals surface area (Å²) in [5, 5.41) is 0.815. The van der Waals surface area contributed by atoms with Gasteiger partial charge in [0.1, 0.15) is 5.75 Å². The van der Waals surface area contributed by atoms with Gasteiger partial charge in [-0.05, 0) is 43.2 Å². The van der Waals surface area contributed by atoms with Crippen molar-refractivity contribution in [3.63, 3.8) is 0 Å². The minimum atomic E-state index is 0.0583. The van der Waals surface area contributed by atoms with Gasteiger partial charge in [-0.25, -0.2) is 4.98 Å². The van der Waals surface area contributed by atoms with Gasteiger partial charge >= 0.3 is 0 Å². The van der Waals surface area contributed by atoms with Crippen molar-refractivity contribution in [1.82, 2.24) is 14.5 Å². The molecule has 0 bridgehead atoms. The SMILES string of the molecule is COc1cccc(CN(C)C(=O)CSc2nccn2-c2ccc(C)cc2C)c1. The van der Waals surface area contributed by atoms with Crippen LogP contribution in [-0.4, -0.2) is 40.3 Å². The Morgan fingerprint density at radius 1 is 1.21 bits per heavy atom. The standard InChI is InChI=1S/C22H25N3O2S/c1-16-8-9-20(17(2)12-16)25-11-10-23-22(25)28-15-21(26)24(3)14-18-6-5-7-19(13-18)27-4/h5-13H,14-15H2,1-4H3. The van der Waals surface area contributed by atoms with E-state index in [4.69, 9.17) is 4.74 Å². The summed E-state index contributed by atoms with van der Waals surface area (Å²) in [5.41, 5.74) is 4.53. The number of nitrogens with zero attached hydrogens (tertiary/aromatic N) is 3. The van der Waals surface area contributed by atoms with Gasteiger partial charge in [0.15, 0.2) is 5.16 Å². The second-order valence-electron chi connectivity index (χ2n) is 6.76. The smallest absolute Gasteiger partial charge is 0.233 e. The van der Waals surface area contributed by atoms with Crippen molar-refractivity contribution >= 4 is 17.7 Å². The number of aryl methyl sites for hydroxylation is 2. The Balaban J connectivity index is 1.64.